The molecule has 86 valence electrons. The van der Waals surface area contributed by atoms with Gasteiger partial charge in [0.25, 0.3) is 0 Å². The van der Waals surface area contributed by atoms with Crippen LogP contribution in [-0.2, 0) is 4.74 Å². The Morgan fingerprint density at radius 3 is 3.00 bits per heavy atom. The summed E-state index contributed by atoms with van der Waals surface area (Å²) in [5.74, 6) is -0.552. The lowest BCUT2D eigenvalue weighted by Gasteiger charge is -2.08. The van der Waals surface area contributed by atoms with Gasteiger partial charge >= 0.3 is 0 Å². The van der Waals surface area contributed by atoms with E-state index >= 15 is 0 Å². The molecule has 0 bridgehead atoms. The van der Waals surface area contributed by atoms with Crippen LogP contribution in [0.4, 0.5) is 4.39 Å². The summed E-state index contributed by atoms with van der Waals surface area (Å²) in [5, 5.41) is -0.0156. The zero-order chi connectivity index (χ0) is 11.5. The number of halogens is 2. The molecular weight excluding hydrogens is 231 g/mol. The van der Waals surface area contributed by atoms with Crippen LogP contribution in [0.5, 0.6) is 0 Å². The Bertz CT molecular complexity index is 400. The first-order chi connectivity index (χ1) is 7.66. The summed E-state index contributed by atoms with van der Waals surface area (Å²) in [4.78, 5) is 11.8. The van der Waals surface area contributed by atoms with Crippen LogP contribution in [-0.4, -0.2) is 18.5 Å². The Kier molecular flexibility index (Phi) is 3.56. The van der Waals surface area contributed by atoms with Crippen LogP contribution in [0.15, 0.2) is 18.2 Å². The minimum atomic E-state index is -0.504. The van der Waals surface area contributed by atoms with Gasteiger partial charge in [0.15, 0.2) is 5.78 Å². The van der Waals surface area contributed by atoms with E-state index < -0.39 is 5.82 Å². The Morgan fingerprint density at radius 1 is 1.56 bits per heavy atom. The van der Waals surface area contributed by atoms with Crippen LogP contribution < -0.4 is 0 Å². The van der Waals surface area contributed by atoms with Crippen LogP contribution in [0, 0.1) is 5.82 Å². The van der Waals surface area contributed by atoms with Crippen molar-refractivity contribution < 1.29 is 13.9 Å². The van der Waals surface area contributed by atoms with Crippen molar-refractivity contribution in [3.05, 3.63) is 34.6 Å². The SMILES string of the molecule is O=C(CC1CCCO1)c1ccc(F)c(Cl)c1. The Balaban J connectivity index is 2.05. The summed E-state index contributed by atoms with van der Waals surface area (Å²) < 4.78 is 18.3. The highest BCUT2D eigenvalue weighted by Gasteiger charge is 2.20. The van der Waals surface area contributed by atoms with Crippen molar-refractivity contribution in [3.63, 3.8) is 0 Å². The maximum absolute atomic E-state index is 12.9. The standard InChI is InChI=1S/C12H12ClFO2/c13-10-6-8(3-4-11(10)14)12(15)7-9-2-1-5-16-9/h3-4,6,9H,1-2,5,7H2. The summed E-state index contributed by atoms with van der Waals surface area (Å²) in [7, 11) is 0. The van der Waals surface area contributed by atoms with Crippen molar-refractivity contribution in [3.8, 4) is 0 Å². The molecule has 1 heterocycles. The van der Waals surface area contributed by atoms with Crippen molar-refractivity contribution in [2.24, 2.45) is 0 Å². The Labute approximate surface area is 98.4 Å². The number of benzene rings is 1. The normalized spacial score (nSPS) is 20.0. The molecule has 1 fully saturated rings. The lowest BCUT2D eigenvalue weighted by molar-refractivity contribution is 0.0775. The second kappa shape index (κ2) is 4.93. The average Bonchev–Trinajstić information content (AvgIpc) is 2.74. The molecule has 4 heteroatoms. The number of Topliss-reactive ketones (excluding diaryl/α,β-unsaturated/α-hetero) is 1. The Morgan fingerprint density at radius 2 is 2.38 bits per heavy atom. The van der Waals surface area contributed by atoms with E-state index in [1.165, 1.54) is 18.2 Å². The Hall–Kier alpha value is -0.930. The average molecular weight is 243 g/mol. The molecule has 1 aliphatic rings. The van der Waals surface area contributed by atoms with E-state index in [4.69, 9.17) is 16.3 Å². The van der Waals surface area contributed by atoms with Gasteiger partial charge in [-0.15, -0.1) is 0 Å². The second-order valence-electron chi connectivity index (χ2n) is 3.89. The third kappa shape index (κ3) is 2.60. The van der Waals surface area contributed by atoms with Gasteiger partial charge in [0, 0.05) is 18.6 Å². The summed E-state index contributed by atoms with van der Waals surface area (Å²) in [6.45, 7) is 0.724. The molecule has 1 aliphatic heterocycles. The van der Waals surface area contributed by atoms with Crippen molar-refractivity contribution in [2.75, 3.05) is 6.61 Å². The molecule has 0 N–H and O–H groups in total. The van der Waals surface area contributed by atoms with Gasteiger partial charge in [-0.25, -0.2) is 4.39 Å². The monoisotopic (exact) mass is 242 g/mol. The molecule has 0 radical (unpaired) electrons. The van der Waals surface area contributed by atoms with E-state index in [2.05, 4.69) is 0 Å². The number of hydrogen-bond acceptors (Lipinski definition) is 2. The van der Waals surface area contributed by atoms with Crippen LogP contribution >= 0.6 is 11.6 Å². The number of carbonyl (C=O) groups excluding carboxylic acids is 1. The maximum atomic E-state index is 12.9. The molecule has 2 nitrogen and oxygen atoms in total. The fourth-order valence-electron chi connectivity index (χ4n) is 1.80. The van der Waals surface area contributed by atoms with Crippen molar-refractivity contribution >= 4 is 17.4 Å². The molecule has 1 aromatic carbocycles. The number of ether oxygens (including phenoxy) is 1. The van der Waals surface area contributed by atoms with E-state index in [1.54, 1.807) is 0 Å². The van der Waals surface area contributed by atoms with Crippen molar-refractivity contribution in [1.29, 1.82) is 0 Å². The van der Waals surface area contributed by atoms with Gasteiger partial charge in [0.1, 0.15) is 5.82 Å². The number of rotatable bonds is 3. The van der Waals surface area contributed by atoms with Crippen molar-refractivity contribution in [1.82, 2.24) is 0 Å². The van der Waals surface area contributed by atoms with E-state index in [0.29, 0.717) is 12.0 Å². The zero-order valence-electron chi connectivity index (χ0n) is 8.71. The fourth-order valence-corrected chi connectivity index (χ4v) is 1.98. The summed E-state index contributed by atoms with van der Waals surface area (Å²) in [6.07, 6.45) is 2.28. The first-order valence-electron chi connectivity index (χ1n) is 5.26. The minimum Gasteiger partial charge on any atom is -0.378 e. The summed E-state index contributed by atoms with van der Waals surface area (Å²) in [6, 6.07) is 4.04. The lowest BCUT2D eigenvalue weighted by atomic mass is 10.0. The molecule has 0 spiro atoms. The van der Waals surface area contributed by atoms with E-state index in [-0.39, 0.29) is 16.9 Å². The van der Waals surface area contributed by atoms with Gasteiger partial charge in [-0.3, -0.25) is 4.79 Å². The van der Waals surface area contributed by atoms with Crippen LogP contribution in [0.25, 0.3) is 0 Å². The van der Waals surface area contributed by atoms with E-state index in [0.717, 1.165) is 19.4 Å². The molecule has 0 amide bonds. The molecule has 0 saturated carbocycles. The summed E-state index contributed by atoms with van der Waals surface area (Å²) in [5.41, 5.74) is 0.446. The number of carbonyl (C=O) groups is 1. The zero-order valence-corrected chi connectivity index (χ0v) is 9.47. The fraction of sp³-hybridized carbons (Fsp3) is 0.417. The lowest BCUT2D eigenvalue weighted by Crippen LogP contribution is -2.12. The van der Waals surface area contributed by atoms with Crippen LogP contribution in [0.1, 0.15) is 29.6 Å². The molecule has 2 rings (SSSR count). The highest BCUT2D eigenvalue weighted by atomic mass is 35.5. The van der Waals surface area contributed by atoms with Gasteiger partial charge in [-0.05, 0) is 31.0 Å². The third-order valence-corrected chi connectivity index (χ3v) is 2.97. The molecule has 1 atom stereocenters. The minimum absolute atomic E-state index is 0.0105. The predicted molar refractivity (Wildman–Crippen MR) is 59.3 cm³/mol. The van der Waals surface area contributed by atoms with Crippen molar-refractivity contribution in [2.45, 2.75) is 25.4 Å². The van der Waals surface area contributed by atoms with Gasteiger partial charge in [-0.1, -0.05) is 11.6 Å². The van der Waals surface area contributed by atoms with Gasteiger partial charge < -0.3 is 4.74 Å². The molecule has 16 heavy (non-hydrogen) atoms. The van der Waals surface area contributed by atoms with E-state index in [1.807, 2.05) is 0 Å². The summed E-state index contributed by atoms with van der Waals surface area (Å²) >= 11 is 5.62. The quantitative estimate of drug-likeness (QED) is 0.761. The predicted octanol–water partition coefficient (Wildman–Crippen LogP) is 3.23. The van der Waals surface area contributed by atoms with Gasteiger partial charge in [0.05, 0.1) is 11.1 Å². The first kappa shape index (κ1) is 11.6. The molecular formula is C12H12ClFO2. The molecule has 0 aliphatic carbocycles. The number of ketones is 1. The highest BCUT2D eigenvalue weighted by molar-refractivity contribution is 6.31. The van der Waals surface area contributed by atoms with Crippen LogP contribution in [0.3, 0.4) is 0 Å². The molecule has 1 saturated heterocycles. The van der Waals surface area contributed by atoms with E-state index in [9.17, 15) is 9.18 Å². The number of hydrogen-bond donors (Lipinski definition) is 0. The smallest absolute Gasteiger partial charge is 0.165 e. The molecule has 1 aromatic rings. The molecule has 1 unspecified atom stereocenters. The maximum Gasteiger partial charge on any atom is 0.165 e. The van der Waals surface area contributed by atoms with Crippen LogP contribution in [0.2, 0.25) is 5.02 Å². The van der Waals surface area contributed by atoms with Gasteiger partial charge in [0.2, 0.25) is 0 Å². The largest absolute Gasteiger partial charge is 0.378 e. The first-order valence-corrected chi connectivity index (χ1v) is 5.64. The second-order valence-corrected chi connectivity index (χ2v) is 4.30. The highest BCUT2D eigenvalue weighted by Crippen LogP contribution is 2.21. The topological polar surface area (TPSA) is 26.3 Å². The molecule has 0 aromatic heterocycles. The van der Waals surface area contributed by atoms with Gasteiger partial charge in [-0.2, -0.15) is 0 Å². The third-order valence-electron chi connectivity index (χ3n) is 2.68.